The number of halogens is 2. The van der Waals surface area contributed by atoms with Crippen LogP contribution in [-0.4, -0.2) is 34.3 Å². The van der Waals surface area contributed by atoms with Gasteiger partial charge in [0, 0.05) is 30.2 Å². The summed E-state index contributed by atoms with van der Waals surface area (Å²) in [6, 6.07) is 13.2. The molecule has 3 aromatic rings. The maximum absolute atomic E-state index is 13.5. The van der Waals surface area contributed by atoms with E-state index in [1.165, 1.54) is 6.07 Å². The summed E-state index contributed by atoms with van der Waals surface area (Å²) in [7, 11) is 0. The van der Waals surface area contributed by atoms with Crippen LogP contribution in [0, 0.1) is 11.6 Å². The number of hydrogen-bond donors (Lipinski definition) is 2. The molecule has 8 heteroatoms. The third-order valence-corrected chi connectivity index (χ3v) is 5.87. The van der Waals surface area contributed by atoms with Crippen LogP contribution in [0.15, 0.2) is 67.0 Å². The molecule has 1 fully saturated rings. The summed E-state index contributed by atoms with van der Waals surface area (Å²) in [5.74, 6) is -2.33. The van der Waals surface area contributed by atoms with Crippen molar-refractivity contribution >= 4 is 17.5 Å². The van der Waals surface area contributed by atoms with Gasteiger partial charge in [-0.2, -0.15) is 0 Å². The normalized spacial score (nSPS) is 16.5. The third-order valence-electron chi connectivity index (χ3n) is 5.87. The number of likely N-dealkylation sites (tertiary alicyclic amines) is 1. The molecule has 2 heterocycles. The lowest BCUT2D eigenvalue weighted by Gasteiger charge is -2.30. The Morgan fingerprint density at radius 1 is 1.06 bits per heavy atom. The molecule has 33 heavy (non-hydrogen) atoms. The average molecular weight is 450 g/mol. The van der Waals surface area contributed by atoms with Crippen LogP contribution >= 0.6 is 0 Å². The second-order valence-corrected chi connectivity index (χ2v) is 8.06. The molecule has 1 saturated heterocycles. The van der Waals surface area contributed by atoms with Gasteiger partial charge in [0.2, 0.25) is 5.91 Å². The van der Waals surface area contributed by atoms with Crippen molar-refractivity contribution in [2.24, 2.45) is 5.73 Å². The molecule has 2 unspecified atom stereocenters. The number of benzene rings is 2. The van der Waals surface area contributed by atoms with E-state index in [9.17, 15) is 18.4 Å². The molecule has 0 aliphatic carbocycles. The molecule has 2 amide bonds. The maximum atomic E-state index is 13.5. The Morgan fingerprint density at radius 3 is 2.48 bits per heavy atom. The summed E-state index contributed by atoms with van der Waals surface area (Å²) < 4.78 is 26.7. The number of carbonyl (C=O) groups excluding carboxylic acids is 2. The molecule has 0 spiro atoms. The zero-order chi connectivity index (χ0) is 23.4. The van der Waals surface area contributed by atoms with Crippen molar-refractivity contribution in [3.05, 3.63) is 95.3 Å². The number of pyridine rings is 1. The van der Waals surface area contributed by atoms with E-state index in [4.69, 9.17) is 5.73 Å². The van der Waals surface area contributed by atoms with Gasteiger partial charge in [-0.15, -0.1) is 0 Å². The Kier molecular flexibility index (Phi) is 6.74. The van der Waals surface area contributed by atoms with E-state index in [-0.39, 0.29) is 24.3 Å². The number of rotatable bonds is 6. The maximum Gasteiger partial charge on any atom is 0.255 e. The first-order valence-electron chi connectivity index (χ1n) is 10.7. The summed E-state index contributed by atoms with van der Waals surface area (Å²) in [5.41, 5.74) is 8.87. The molecule has 170 valence electrons. The van der Waals surface area contributed by atoms with E-state index in [0.29, 0.717) is 23.4 Å². The molecule has 3 N–H and O–H groups in total. The number of anilines is 1. The molecule has 0 saturated carbocycles. The molecule has 2 aromatic carbocycles. The number of nitrogens with two attached hydrogens (primary N) is 1. The highest BCUT2D eigenvalue weighted by atomic mass is 19.2. The van der Waals surface area contributed by atoms with Crippen LogP contribution in [0.5, 0.6) is 0 Å². The number of nitrogens with one attached hydrogen (secondary N) is 1. The SMILES string of the molecule is NC(c1ccc(C(=O)Nc2ccncc2)cc1)C1CCCN1C(=O)Cc1ccc(F)c(F)c1. The highest BCUT2D eigenvalue weighted by Gasteiger charge is 2.33. The van der Waals surface area contributed by atoms with Crippen LogP contribution in [-0.2, 0) is 11.2 Å². The lowest BCUT2D eigenvalue weighted by Crippen LogP contribution is -2.42. The van der Waals surface area contributed by atoms with Crippen molar-refractivity contribution in [2.75, 3.05) is 11.9 Å². The van der Waals surface area contributed by atoms with Crippen LogP contribution in [0.1, 0.15) is 40.4 Å². The zero-order valence-corrected chi connectivity index (χ0v) is 17.9. The van der Waals surface area contributed by atoms with Gasteiger partial charge in [-0.25, -0.2) is 8.78 Å². The lowest BCUT2D eigenvalue weighted by atomic mass is 9.96. The fourth-order valence-corrected chi connectivity index (χ4v) is 4.12. The van der Waals surface area contributed by atoms with Crippen LogP contribution in [0.2, 0.25) is 0 Å². The minimum Gasteiger partial charge on any atom is -0.338 e. The number of nitrogens with zero attached hydrogens (tertiary/aromatic N) is 2. The largest absolute Gasteiger partial charge is 0.338 e. The Bertz CT molecular complexity index is 1140. The van der Waals surface area contributed by atoms with E-state index in [0.717, 1.165) is 30.5 Å². The van der Waals surface area contributed by atoms with Gasteiger partial charge in [-0.3, -0.25) is 14.6 Å². The van der Waals surface area contributed by atoms with Crippen LogP contribution in [0.25, 0.3) is 0 Å². The van der Waals surface area contributed by atoms with Gasteiger partial charge in [0.05, 0.1) is 18.5 Å². The predicted octanol–water partition coefficient (Wildman–Crippen LogP) is 3.85. The third kappa shape index (κ3) is 5.23. The van der Waals surface area contributed by atoms with Gasteiger partial charge >= 0.3 is 0 Å². The molecular weight excluding hydrogens is 426 g/mol. The Labute approximate surface area is 190 Å². The minimum absolute atomic E-state index is 0.0193. The molecule has 0 bridgehead atoms. The van der Waals surface area contributed by atoms with Crippen LogP contribution in [0.4, 0.5) is 14.5 Å². The van der Waals surface area contributed by atoms with Crippen molar-refractivity contribution in [1.29, 1.82) is 0 Å². The van der Waals surface area contributed by atoms with Crippen molar-refractivity contribution in [1.82, 2.24) is 9.88 Å². The van der Waals surface area contributed by atoms with Crippen molar-refractivity contribution in [3.63, 3.8) is 0 Å². The molecule has 6 nitrogen and oxygen atoms in total. The first-order valence-corrected chi connectivity index (χ1v) is 10.7. The van der Waals surface area contributed by atoms with E-state index < -0.39 is 17.7 Å². The van der Waals surface area contributed by atoms with Crippen LogP contribution < -0.4 is 11.1 Å². The number of hydrogen-bond acceptors (Lipinski definition) is 4. The Hall–Kier alpha value is -3.65. The molecular formula is C25H24F2N4O2. The van der Waals surface area contributed by atoms with Gasteiger partial charge in [-0.1, -0.05) is 18.2 Å². The highest BCUT2D eigenvalue weighted by Crippen LogP contribution is 2.29. The van der Waals surface area contributed by atoms with Gasteiger partial charge in [-0.05, 0) is 60.4 Å². The quantitative estimate of drug-likeness (QED) is 0.597. The van der Waals surface area contributed by atoms with Gasteiger partial charge in [0.1, 0.15) is 0 Å². The van der Waals surface area contributed by atoms with Crippen molar-refractivity contribution in [3.8, 4) is 0 Å². The van der Waals surface area contributed by atoms with Gasteiger partial charge in [0.25, 0.3) is 5.91 Å². The van der Waals surface area contributed by atoms with Crippen LogP contribution in [0.3, 0.4) is 0 Å². The van der Waals surface area contributed by atoms with E-state index in [2.05, 4.69) is 10.3 Å². The molecule has 2 atom stereocenters. The zero-order valence-electron chi connectivity index (χ0n) is 17.9. The fourth-order valence-electron chi connectivity index (χ4n) is 4.12. The van der Waals surface area contributed by atoms with E-state index in [1.807, 2.05) is 0 Å². The summed E-state index contributed by atoms with van der Waals surface area (Å²) in [5, 5.41) is 2.80. The second kappa shape index (κ2) is 9.87. The molecule has 1 aliphatic heterocycles. The van der Waals surface area contributed by atoms with E-state index in [1.54, 1.807) is 53.7 Å². The predicted molar refractivity (Wildman–Crippen MR) is 120 cm³/mol. The van der Waals surface area contributed by atoms with Gasteiger partial charge in [0.15, 0.2) is 11.6 Å². The smallest absolute Gasteiger partial charge is 0.255 e. The molecule has 1 aliphatic rings. The number of carbonyl (C=O) groups is 2. The number of amides is 2. The summed E-state index contributed by atoms with van der Waals surface area (Å²) in [4.78, 5) is 31.0. The Morgan fingerprint density at radius 2 is 1.79 bits per heavy atom. The van der Waals surface area contributed by atoms with Crippen molar-refractivity contribution in [2.45, 2.75) is 31.3 Å². The number of aromatic nitrogens is 1. The summed E-state index contributed by atoms with van der Waals surface area (Å²) in [6.07, 6.45) is 4.73. The standard InChI is InChI=1S/C25H24F2N4O2/c26-20-8-3-16(14-21(20)27)15-23(32)31-13-1-2-22(31)24(28)17-4-6-18(7-5-17)25(33)30-19-9-11-29-12-10-19/h3-12,14,22,24H,1-2,13,15,28H2,(H,29,30,33). The lowest BCUT2D eigenvalue weighted by molar-refractivity contribution is -0.131. The fraction of sp³-hybridized carbons (Fsp3) is 0.240. The summed E-state index contributed by atoms with van der Waals surface area (Å²) >= 11 is 0. The summed E-state index contributed by atoms with van der Waals surface area (Å²) in [6.45, 7) is 0.563. The monoisotopic (exact) mass is 450 g/mol. The van der Waals surface area contributed by atoms with Gasteiger partial charge < -0.3 is 16.0 Å². The molecule has 0 radical (unpaired) electrons. The highest BCUT2D eigenvalue weighted by molar-refractivity contribution is 6.04. The molecule has 1 aromatic heterocycles. The average Bonchev–Trinajstić information content (AvgIpc) is 3.32. The van der Waals surface area contributed by atoms with Crippen molar-refractivity contribution < 1.29 is 18.4 Å². The minimum atomic E-state index is -0.969. The topological polar surface area (TPSA) is 88.3 Å². The first-order chi connectivity index (χ1) is 15.9. The van der Waals surface area contributed by atoms with E-state index >= 15 is 0 Å². The second-order valence-electron chi connectivity index (χ2n) is 8.06. The Balaban J connectivity index is 1.42. The first kappa shape index (κ1) is 22.5. The molecule has 4 rings (SSSR count).